The molecule has 1 saturated carbocycles. The number of hydrogen-bond donors (Lipinski definition) is 0. The van der Waals surface area contributed by atoms with Crippen molar-refractivity contribution in [3.63, 3.8) is 0 Å². The molecular weight excluding hydrogens is 382 g/mol. The molecule has 0 atom stereocenters. The second-order valence-electron chi connectivity index (χ2n) is 7.64. The Kier molecular flexibility index (Phi) is 7.64. The lowest BCUT2D eigenvalue weighted by molar-refractivity contribution is -0.119. The minimum absolute atomic E-state index is 0.00576. The van der Waals surface area contributed by atoms with Gasteiger partial charge in [-0.1, -0.05) is 67.8 Å². The van der Waals surface area contributed by atoms with Gasteiger partial charge in [0.05, 0.1) is 10.6 Å². The Morgan fingerprint density at radius 2 is 1.55 bits per heavy atom. The number of ketones is 1. The predicted octanol–water partition coefficient (Wildman–Crippen LogP) is 4.63. The quantitative estimate of drug-likeness (QED) is 0.565. The monoisotopic (exact) mass is 411 g/mol. The molecule has 0 heterocycles. The first-order chi connectivity index (χ1) is 14.0. The molecule has 2 aromatic rings. The van der Waals surface area contributed by atoms with Gasteiger partial charge < -0.3 is 4.90 Å². The fourth-order valence-electron chi connectivity index (χ4n) is 3.71. The topological polar surface area (TPSA) is 54.5 Å². The van der Waals surface area contributed by atoms with E-state index in [1.807, 2.05) is 35.2 Å². The minimum atomic E-state index is -3.37. The maximum Gasteiger partial charge on any atom is 0.180 e. The van der Waals surface area contributed by atoms with E-state index in [1.54, 1.807) is 42.6 Å². The number of allylic oxidation sites excluding steroid dienone is 1. The average Bonchev–Trinajstić information content (AvgIpc) is 2.77. The first kappa shape index (κ1) is 21.3. The predicted molar refractivity (Wildman–Crippen MR) is 116 cm³/mol. The summed E-state index contributed by atoms with van der Waals surface area (Å²) in [7, 11) is -3.37. The molecular formula is C24H29NO3S. The lowest BCUT2D eigenvalue weighted by Gasteiger charge is -2.22. The molecule has 0 aliphatic heterocycles. The van der Waals surface area contributed by atoms with Gasteiger partial charge in [-0.2, -0.15) is 0 Å². The first-order valence-electron chi connectivity index (χ1n) is 10.3. The Balaban J connectivity index is 1.69. The zero-order valence-corrected chi connectivity index (χ0v) is 17.6. The molecule has 154 valence electrons. The van der Waals surface area contributed by atoms with Crippen LogP contribution in [0.15, 0.2) is 77.8 Å². The number of hydrogen-bond acceptors (Lipinski definition) is 4. The molecule has 2 aromatic carbocycles. The van der Waals surface area contributed by atoms with Crippen LogP contribution in [0.4, 0.5) is 0 Å². The van der Waals surface area contributed by atoms with Gasteiger partial charge in [0, 0.05) is 25.2 Å². The van der Waals surface area contributed by atoms with Crippen molar-refractivity contribution in [1.29, 1.82) is 0 Å². The van der Waals surface area contributed by atoms with E-state index in [9.17, 15) is 13.2 Å². The van der Waals surface area contributed by atoms with Gasteiger partial charge in [-0.25, -0.2) is 8.42 Å². The van der Waals surface area contributed by atoms with Crippen molar-refractivity contribution >= 4 is 15.6 Å². The number of rotatable bonds is 9. The smallest absolute Gasteiger partial charge is 0.180 e. The van der Waals surface area contributed by atoms with Crippen LogP contribution in [0.1, 0.15) is 37.7 Å². The molecule has 0 radical (unpaired) electrons. The van der Waals surface area contributed by atoms with E-state index < -0.39 is 9.84 Å². The van der Waals surface area contributed by atoms with Crippen molar-refractivity contribution < 1.29 is 13.2 Å². The molecule has 3 rings (SSSR count). The molecule has 29 heavy (non-hydrogen) atoms. The highest BCUT2D eigenvalue weighted by Gasteiger charge is 2.19. The van der Waals surface area contributed by atoms with E-state index in [-0.39, 0.29) is 17.5 Å². The van der Waals surface area contributed by atoms with Crippen LogP contribution in [0, 0.1) is 5.92 Å². The number of carbonyl (C=O) groups excluding carboxylic acids is 1. The summed E-state index contributed by atoms with van der Waals surface area (Å²) < 4.78 is 25.3. The molecule has 1 aliphatic carbocycles. The van der Waals surface area contributed by atoms with E-state index in [0.29, 0.717) is 18.0 Å². The fourth-order valence-corrected chi connectivity index (χ4v) is 4.99. The Morgan fingerprint density at radius 3 is 2.21 bits per heavy atom. The van der Waals surface area contributed by atoms with Gasteiger partial charge >= 0.3 is 0 Å². The highest BCUT2D eigenvalue weighted by molar-refractivity contribution is 7.91. The Bertz CT molecular complexity index is 902. The normalized spacial score (nSPS) is 15.4. The molecule has 0 bridgehead atoms. The van der Waals surface area contributed by atoms with E-state index in [4.69, 9.17) is 0 Å². The molecule has 4 nitrogen and oxygen atoms in total. The van der Waals surface area contributed by atoms with Crippen molar-refractivity contribution in [2.75, 3.05) is 12.3 Å². The van der Waals surface area contributed by atoms with Gasteiger partial charge in [0.25, 0.3) is 0 Å². The summed E-state index contributed by atoms with van der Waals surface area (Å²) in [4.78, 5) is 14.8. The van der Waals surface area contributed by atoms with Crippen molar-refractivity contribution in [2.24, 2.45) is 5.92 Å². The summed E-state index contributed by atoms with van der Waals surface area (Å²) in [5.74, 6) is 0.284. The molecule has 1 aliphatic rings. The van der Waals surface area contributed by atoms with Gasteiger partial charge in [0.15, 0.2) is 15.6 Å². The third-order valence-electron chi connectivity index (χ3n) is 5.44. The van der Waals surface area contributed by atoms with E-state index in [2.05, 4.69) is 0 Å². The van der Waals surface area contributed by atoms with Crippen LogP contribution in [0.3, 0.4) is 0 Å². The molecule has 5 heteroatoms. The molecule has 0 aromatic heterocycles. The van der Waals surface area contributed by atoms with Crippen LogP contribution in [-0.4, -0.2) is 31.4 Å². The van der Waals surface area contributed by atoms with Crippen LogP contribution in [0.25, 0.3) is 0 Å². The average molecular weight is 412 g/mol. The zero-order valence-electron chi connectivity index (χ0n) is 16.7. The highest BCUT2D eigenvalue weighted by Crippen LogP contribution is 2.24. The van der Waals surface area contributed by atoms with Crippen LogP contribution < -0.4 is 0 Å². The summed E-state index contributed by atoms with van der Waals surface area (Å²) in [6.07, 6.45) is 8.80. The van der Waals surface area contributed by atoms with Crippen LogP contribution in [-0.2, 0) is 21.2 Å². The molecule has 0 spiro atoms. The molecule has 0 saturated heterocycles. The van der Waals surface area contributed by atoms with E-state index in [0.717, 1.165) is 31.2 Å². The standard InChI is InChI=1S/C24H29NO3S/c26-24(22-12-6-2-7-13-22)16-17-25(20-21-10-4-1-5-11-21)18-19-29(27,28)23-14-8-3-9-15-23/h1,3-5,8-11,14-17,22H,2,6-7,12-13,18-20H2/b17-16+. The zero-order chi connectivity index (χ0) is 20.5. The maximum absolute atomic E-state index is 12.7. The Labute approximate surface area is 174 Å². The highest BCUT2D eigenvalue weighted by atomic mass is 32.2. The maximum atomic E-state index is 12.7. The van der Waals surface area contributed by atoms with Crippen LogP contribution >= 0.6 is 0 Å². The lowest BCUT2D eigenvalue weighted by atomic mass is 9.86. The molecule has 0 N–H and O–H groups in total. The molecule has 1 fully saturated rings. The number of nitrogens with zero attached hydrogens (tertiary/aromatic N) is 1. The summed E-state index contributed by atoms with van der Waals surface area (Å²) in [6.45, 7) is 0.903. The summed E-state index contributed by atoms with van der Waals surface area (Å²) in [6, 6.07) is 18.4. The SMILES string of the molecule is O=C(/C=C/N(CCS(=O)(=O)c1ccccc1)Cc1ccccc1)C1CCCCC1. The van der Waals surface area contributed by atoms with E-state index in [1.165, 1.54) is 6.42 Å². The van der Waals surface area contributed by atoms with Gasteiger partial charge in [0.1, 0.15) is 0 Å². The Hall–Kier alpha value is -2.40. The molecule has 0 unspecified atom stereocenters. The van der Waals surface area contributed by atoms with E-state index >= 15 is 0 Å². The minimum Gasteiger partial charge on any atom is -0.372 e. The van der Waals surface area contributed by atoms with Gasteiger partial charge in [0.2, 0.25) is 0 Å². The third kappa shape index (κ3) is 6.57. The second kappa shape index (κ2) is 10.4. The third-order valence-corrected chi connectivity index (χ3v) is 7.15. The fraction of sp³-hybridized carbons (Fsp3) is 0.375. The first-order valence-corrected chi connectivity index (χ1v) is 12.0. The van der Waals surface area contributed by atoms with Crippen LogP contribution in [0.5, 0.6) is 0 Å². The van der Waals surface area contributed by atoms with Crippen molar-refractivity contribution in [3.8, 4) is 0 Å². The second-order valence-corrected chi connectivity index (χ2v) is 9.75. The van der Waals surface area contributed by atoms with Crippen molar-refractivity contribution in [1.82, 2.24) is 4.90 Å². The summed E-state index contributed by atoms with van der Waals surface area (Å²) in [5.41, 5.74) is 1.08. The van der Waals surface area contributed by atoms with Crippen molar-refractivity contribution in [2.45, 2.75) is 43.5 Å². The Morgan fingerprint density at radius 1 is 0.931 bits per heavy atom. The molecule has 0 amide bonds. The number of benzene rings is 2. The van der Waals surface area contributed by atoms with Crippen LogP contribution in [0.2, 0.25) is 0 Å². The summed E-state index contributed by atoms with van der Waals surface area (Å²) >= 11 is 0. The number of carbonyl (C=O) groups is 1. The van der Waals surface area contributed by atoms with Gasteiger partial charge in [-0.05, 0) is 36.6 Å². The number of sulfone groups is 1. The largest absolute Gasteiger partial charge is 0.372 e. The van der Waals surface area contributed by atoms with Gasteiger partial charge in [-0.15, -0.1) is 0 Å². The summed E-state index contributed by atoms with van der Waals surface area (Å²) in [5, 5.41) is 0. The van der Waals surface area contributed by atoms with Crippen molar-refractivity contribution in [3.05, 3.63) is 78.5 Å². The lowest BCUT2D eigenvalue weighted by Crippen LogP contribution is -2.25. The van der Waals surface area contributed by atoms with Gasteiger partial charge in [-0.3, -0.25) is 4.79 Å².